The van der Waals surface area contributed by atoms with Crippen molar-refractivity contribution in [3.8, 4) is 23.4 Å². The summed E-state index contributed by atoms with van der Waals surface area (Å²) in [4.78, 5) is 2.33. The Hall–Kier alpha value is -3.51. The first-order chi connectivity index (χ1) is 15.8. The molecule has 0 radical (unpaired) electrons. The van der Waals surface area contributed by atoms with Crippen LogP contribution in [0, 0.1) is 23.4 Å². The van der Waals surface area contributed by atoms with E-state index < -0.39 is 0 Å². The Bertz CT molecular complexity index is 1180. The summed E-state index contributed by atoms with van der Waals surface area (Å²) < 4.78 is 0. The minimum atomic E-state index is 0.985. The fourth-order valence-corrected chi connectivity index (χ4v) is 3.56. The number of anilines is 2. The maximum absolute atomic E-state index is 3.26. The molecule has 0 saturated heterocycles. The van der Waals surface area contributed by atoms with E-state index in [4.69, 9.17) is 0 Å². The van der Waals surface area contributed by atoms with E-state index in [-0.39, 0.29) is 0 Å². The van der Waals surface area contributed by atoms with E-state index in [1.54, 1.807) is 0 Å². The smallest absolute Gasteiger partial charge is 0.0459 e. The number of para-hydroxylation sites is 1. The van der Waals surface area contributed by atoms with Gasteiger partial charge in [0.2, 0.25) is 0 Å². The van der Waals surface area contributed by atoms with Crippen molar-refractivity contribution >= 4 is 20.6 Å². The van der Waals surface area contributed by atoms with Crippen LogP contribution in [-0.4, -0.2) is 0 Å². The van der Waals surface area contributed by atoms with Crippen LogP contribution in [0.4, 0.5) is 11.4 Å². The first-order valence-electron chi connectivity index (χ1n) is 11.0. The molecule has 1 atom stereocenters. The number of hydrogen-bond donors (Lipinski definition) is 0. The van der Waals surface area contributed by atoms with Gasteiger partial charge in [0.1, 0.15) is 0 Å². The molecule has 0 N–H and O–H groups in total. The zero-order valence-electron chi connectivity index (χ0n) is 18.7. The molecule has 0 bridgehead atoms. The third kappa shape index (κ3) is 6.25. The van der Waals surface area contributed by atoms with Gasteiger partial charge in [0.25, 0.3) is 0 Å². The normalized spacial score (nSPS) is 11.5. The highest BCUT2D eigenvalue weighted by Crippen LogP contribution is 2.32. The lowest BCUT2D eigenvalue weighted by molar-refractivity contribution is 0.917. The van der Waals surface area contributed by atoms with E-state index in [2.05, 4.69) is 110 Å². The molecule has 2 heteroatoms. The van der Waals surface area contributed by atoms with Crippen LogP contribution in [0.2, 0.25) is 0 Å². The summed E-state index contributed by atoms with van der Waals surface area (Å²) >= 11 is 0. The molecule has 1 unspecified atom stereocenters. The first kappa shape index (κ1) is 23.2. The maximum Gasteiger partial charge on any atom is 0.0459 e. The number of hydrogen-bond acceptors (Lipinski definition) is 1. The van der Waals surface area contributed by atoms with E-state index >= 15 is 0 Å². The molecule has 0 saturated carbocycles. The molecule has 1 aliphatic rings. The van der Waals surface area contributed by atoms with Crippen molar-refractivity contribution in [3.05, 3.63) is 119 Å². The monoisotopic (exact) mass is 433 g/mol. The lowest BCUT2D eigenvalue weighted by atomic mass is 10.1. The van der Waals surface area contributed by atoms with Gasteiger partial charge in [0, 0.05) is 33.8 Å². The van der Waals surface area contributed by atoms with Crippen molar-refractivity contribution in [2.24, 2.45) is 0 Å². The maximum atomic E-state index is 3.26. The molecule has 3 aromatic rings. The van der Waals surface area contributed by atoms with Crippen LogP contribution in [0.25, 0.3) is 0 Å². The Kier molecular flexibility index (Phi) is 8.95. The topological polar surface area (TPSA) is 3.24 Å². The van der Waals surface area contributed by atoms with Crippen LogP contribution in [0.15, 0.2) is 103 Å². The Balaban J connectivity index is 0.00000141. The minimum absolute atomic E-state index is 0.985. The molecule has 4 rings (SSSR count). The number of rotatable bonds is 3. The summed E-state index contributed by atoms with van der Waals surface area (Å²) in [5.41, 5.74) is 9.43. The van der Waals surface area contributed by atoms with E-state index in [1.165, 1.54) is 11.4 Å². The minimum Gasteiger partial charge on any atom is -0.314 e. The molecule has 32 heavy (non-hydrogen) atoms. The third-order valence-electron chi connectivity index (χ3n) is 4.87. The summed E-state index contributed by atoms with van der Waals surface area (Å²) in [7, 11) is 2.41. The average Bonchev–Trinajstić information content (AvgIpc) is 2.87. The Morgan fingerprint density at radius 2 is 1.22 bits per heavy atom. The van der Waals surface area contributed by atoms with Gasteiger partial charge in [0.15, 0.2) is 0 Å². The molecule has 0 aromatic heterocycles. The Morgan fingerprint density at radius 1 is 0.688 bits per heavy atom. The number of allylic oxidation sites excluding steroid dienone is 4. The lowest BCUT2D eigenvalue weighted by Gasteiger charge is -2.28. The zero-order valence-corrected chi connectivity index (χ0v) is 19.8. The average molecular weight is 434 g/mol. The summed E-state index contributed by atoms with van der Waals surface area (Å²) in [6.07, 6.45) is 8.66. The molecule has 0 fully saturated rings. The molecule has 0 amide bonds. The second-order valence-corrected chi connectivity index (χ2v) is 7.23. The van der Waals surface area contributed by atoms with E-state index in [0.717, 1.165) is 35.2 Å². The molecule has 0 spiro atoms. The molecule has 0 aliphatic heterocycles. The molecule has 3 aromatic carbocycles. The van der Waals surface area contributed by atoms with Crippen LogP contribution in [0.1, 0.15) is 43.4 Å². The zero-order chi connectivity index (χ0) is 22.6. The van der Waals surface area contributed by atoms with Gasteiger partial charge in [-0.3, -0.25) is 0 Å². The van der Waals surface area contributed by atoms with Crippen LogP contribution in [-0.2, 0) is 0 Å². The highest BCUT2D eigenvalue weighted by atomic mass is 31.0. The van der Waals surface area contributed by atoms with Crippen molar-refractivity contribution in [1.29, 1.82) is 0 Å². The summed E-state index contributed by atoms with van der Waals surface area (Å²) in [6.45, 7) is 4.00. The Morgan fingerprint density at radius 3 is 1.75 bits per heavy atom. The molecule has 0 heterocycles. The first-order valence-corrected chi connectivity index (χ1v) is 11.6. The number of benzene rings is 3. The largest absolute Gasteiger partial charge is 0.314 e. The van der Waals surface area contributed by atoms with Gasteiger partial charge in [0.05, 0.1) is 0 Å². The van der Waals surface area contributed by atoms with Crippen LogP contribution >= 0.6 is 9.24 Å². The standard InChI is InChI=1S/C28H22NP.C2H6/c30-22-21-25-15-13-23(14-16-25)11-12-24-17-19-28(20-18-24)29(26-7-3-1-4-8-26)27-9-5-2-6-10-27;1-2/h1-5,7-9,13-20H,6,10,30H2;1-2H3. The fourth-order valence-electron chi connectivity index (χ4n) is 3.39. The Labute approximate surface area is 195 Å². The SMILES string of the molecule is CC.PC#Cc1ccc(C#Cc2ccc(N(C3=CC=CCC3)c3ccccc3)cc2)cc1. The van der Waals surface area contributed by atoms with Crippen molar-refractivity contribution in [1.82, 2.24) is 0 Å². The second-order valence-electron chi connectivity index (χ2n) is 6.94. The quantitative estimate of drug-likeness (QED) is 0.303. The van der Waals surface area contributed by atoms with Crippen LogP contribution in [0.3, 0.4) is 0 Å². The van der Waals surface area contributed by atoms with Gasteiger partial charge < -0.3 is 4.90 Å². The third-order valence-corrected chi connectivity index (χ3v) is 5.02. The highest BCUT2D eigenvalue weighted by molar-refractivity contribution is 7.23. The predicted octanol–water partition coefficient (Wildman–Crippen LogP) is 7.67. The van der Waals surface area contributed by atoms with E-state index in [9.17, 15) is 0 Å². The van der Waals surface area contributed by atoms with E-state index in [0.29, 0.717) is 0 Å². The van der Waals surface area contributed by atoms with Gasteiger partial charge in [-0.25, -0.2) is 0 Å². The number of nitrogens with zero attached hydrogens (tertiary/aromatic N) is 1. The van der Waals surface area contributed by atoms with Gasteiger partial charge in [-0.05, 0) is 79.6 Å². The van der Waals surface area contributed by atoms with Crippen molar-refractivity contribution < 1.29 is 0 Å². The van der Waals surface area contributed by atoms with Gasteiger partial charge in [-0.2, -0.15) is 0 Å². The molecule has 158 valence electrons. The predicted molar refractivity (Wildman–Crippen MR) is 142 cm³/mol. The van der Waals surface area contributed by atoms with Crippen molar-refractivity contribution in [3.63, 3.8) is 0 Å². The second kappa shape index (κ2) is 12.4. The molecular weight excluding hydrogens is 405 g/mol. The summed E-state index contributed by atoms with van der Waals surface area (Å²) in [6, 6.07) is 27.0. The molecule has 1 nitrogen and oxygen atoms in total. The van der Waals surface area contributed by atoms with Crippen LogP contribution < -0.4 is 4.90 Å². The van der Waals surface area contributed by atoms with E-state index in [1.807, 2.05) is 38.1 Å². The molecular formula is C30H28NP. The lowest BCUT2D eigenvalue weighted by Crippen LogP contribution is -2.17. The van der Waals surface area contributed by atoms with Gasteiger partial charge in [-0.1, -0.05) is 76.9 Å². The molecule has 1 aliphatic carbocycles. The summed E-state index contributed by atoms with van der Waals surface area (Å²) in [5, 5.41) is 0. The summed E-state index contributed by atoms with van der Waals surface area (Å²) in [5.74, 6) is 9.52. The van der Waals surface area contributed by atoms with Gasteiger partial charge >= 0.3 is 0 Å². The van der Waals surface area contributed by atoms with Crippen molar-refractivity contribution in [2.75, 3.05) is 4.90 Å². The van der Waals surface area contributed by atoms with Crippen molar-refractivity contribution in [2.45, 2.75) is 26.7 Å². The fraction of sp³-hybridized carbons (Fsp3) is 0.133. The van der Waals surface area contributed by atoms with Crippen LogP contribution in [0.5, 0.6) is 0 Å². The highest BCUT2D eigenvalue weighted by Gasteiger charge is 2.14. The van der Waals surface area contributed by atoms with Gasteiger partial charge in [-0.15, -0.1) is 0 Å².